The maximum atomic E-state index is 12.8. The van der Waals surface area contributed by atoms with Gasteiger partial charge in [0.2, 0.25) is 5.69 Å². The second-order valence-corrected chi connectivity index (χ2v) is 5.42. The van der Waals surface area contributed by atoms with Crippen molar-refractivity contribution in [2.75, 3.05) is 19.6 Å². The second kappa shape index (κ2) is 5.80. The van der Waals surface area contributed by atoms with Gasteiger partial charge in [-0.15, -0.1) is 0 Å². The van der Waals surface area contributed by atoms with E-state index >= 15 is 0 Å². The standard InChI is InChI=1S/C13H17N7O3/c1-8-11(20(22)23)10(17-16-8)13(21)19-6-3-14-7-9(19)12-15-4-5-18(12)2/h4-5,9,14H,3,6-7H2,1-2H3,(H,16,17). The highest BCUT2D eigenvalue weighted by Crippen LogP contribution is 2.27. The normalized spacial score (nSPS) is 18.2. The molecule has 0 spiro atoms. The van der Waals surface area contributed by atoms with E-state index in [1.165, 1.54) is 6.92 Å². The molecule has 0 radical (unpaired) electrons. The molecule has 1 unspecified atom stereocenters. The monoisotopic (exact) mass is 319 g/mol. The summed E-state index contributed by atoms with van der Waals surface area (Å²) in [6.45, 7) is 3.10. The molecular formula is C13H17N7O3. The zero-order valence-electron chi connectivity index (χ0n) is 12.8. The summed E-state index contributed by atoms with van der Waals surface area (Å²) in [6.07, 6.45) is 3.46. The minimum absolute atomic E-state index is 0.159. The van der Waals surface area contributed by atoms with Crippen LogP contribution in [-0.2, 0) is 7.05 Å². The molecule has 2 aromatic heterocycles. The highest BCUT2D eigenvalue weighted by atomic mass is 16.6. The fourth-order valence-electron chi connectivity index (χ4n) is 2.81. The van der Waals surface area contributed by atoms with E-state index in [9.17, 15) is 14.9 Å². The lowest BCUT2D eigenvalue weighted by molar-refractivity contribution is -0.385. The summed E-state index contributed by atoms with van der Waals surface area (Å²) in [7, 11) is 1.85. The van der Waals surface area contributed by atoms with E-state index in [-0.39, 0.29) is 23.1 Å². The average molecular weight is 319 g/mol. The number of aromatic amines is 1. The summed E-state index contributed by atoms with van der Waals surface area (Å²) in [5.74, 6) is 0.260. The maximum Gasteiger partial charge on any atom is 0.322 e. The van der Waals surface area contributed by atoms with Gasteiger partial charge in [0.15, 0.2) is 0 Å². The van der Waals surface area contributed by atoms with Gasteiger partial charge in [-0.25, -0.2) is 4.98 Å². The molecular weight excluding hydrogens is 302 g/mol. The Morgan fingerprint density at radius 1 is 1.52 bits per heavy atom. The van der Waals surface area contributed by atoms with Gasteiger partial charge in [0.1, 0.15) is 17.6 Å². The predicted molar refractivity (Wildman–Crippen MR) is 79.8 cm³/mol. The lowest BCUT2D eigenvalue weighted by Crippen LogP contribution is -2.49. The van der Waals surface area contributed by atoms with Crippen molar-refractivity contribution in [3.63, 3.8) is 0 Å². The molecule has 1 aliphatic rings. The van der Waals surface area contributed by atoms with Gasteiger partial charge in [-0.3, -0.25) is 20.0 Å². The molecule has 2 N–H and O–H groups in total. The van der Waals surface area contributed by atoms with Gasteiger partial charge >= 0.3 is 5.69 Å². The molecule has 1 fully saturated rings. The molecule has 122 valence electrons. The quantitative estimate of drug-likeness (QED) is 0.613. The van der Waals surface area contributed by atoms with Crippen LogP contribution < -0.4 is 5.32 Å². The number of nitrogens with zero attached hydrogens (tertiary/aromatic N) is 5. The minimum atomic E-state index is -0.579. The third-order valence-electron chi connectivity index (χ3n) is 3.96. The van der Waals surface area contributed by atoms with E-state index in [1.807, 2.05) is 11.6 Å². The number of carbonyl (C=O) groups excluding carboxylic acids is 1. The van der Waals surface area contributed by atoms with Gasteiger partial charge < -0.3 is 14.8 Å². The van der Waals surface area contributed by atoms with Gasteiger partial charge in [-0.1, -0.05) is 0 Å². The first kappa shape index (κ1) is 15.2. The molecule has 1 amide bonds. The smallest absolute Gasteiger partial charge is 0.322 e. The number of amides is 1. The van der Waals surface area contributed by atoms with Crippen molar-refractivity contribution in [3.05, 3.63) is 39.7 Å². The average Bonchev–Trinajstić information content (AvgIpc) is 3.12. The molecule has 10 heteroatoms. The molecule has 1 aliphatic heterocycles. The van der Waals surface area contributed by atoms with Crippen LogP contribution in [0.15, 0.2) is 12.4 Å². The van der Waals surface area contributed by atoms with Crippen LogP contribution in [0.5, 0.6) is 0 Å². The highest BCUT2D eigenvalue weighted by Gasteiger charge is 2.36. The van der Waals surface area contributed by atoms with Crippen molar-refractivity contribution in [2.24, 2.45) is 7.05 Å². The van der Waals surface area contributed by atoms with Crippen molar-refractivity contribution in [3.8, 4) is 0 Å². The summed E-state index contributed by atoms with van der Waals surface area (Å²) in [5, 5.41) is 20.8. The van der Waals surface area contributed by atoms with Gasteiger partial charge in [-0.2, -0.15) is 5.10 Å². The van der Waals surface area contributed by atoms with E-state index in [0.717, 1.165) is 5.82 Å². The molecule has 3 heterocycles. The summed E-state index contributed by atoms with van der Waals surface area (Å²) >= 11 is 0. The van der Waals surface area contributed by atoms with E-state index in [0.29, 0.717) is 19.6 Å². The molecule has 0 saturated carbocycles. The van der Waals surface area contributed by atoms with Crippen molar-refractivity contribution < 1.29 is 9.72 Å². The molecule has 10 nitrogen and oxygen atoms in total. The maximum absolute atomic E-state index is 12.8. The fourth-order valence-corrected chi connectivity index (χ4v) is 2.81. The third-order valence-corrected chi connectivity index (χ3v) is 3.96. The van der Waals surface area contributed by atoms with Crippen LogP contribution in [-0.4, -0.2) is 55.1 Å². The van der Waals surface area contributed by atoms with Gasteiger partial charge in [0, 0.05) is 39.1 Å². The van der Waals surface area contributed by atoms with Gasteiger partial charge in [0.25, 0.3) is 5.91 Å². The Balaban J connectivity index is 1.97. The Hall–Kier alpha value is -2.75. The van der Waals surface area contributed by atoms with Crippen LogP contribution in [0.3, 0.4) is 0 Å². The SMILES string of the molecule is Cc1[nH]nc(C(=O)N2CCNCC2c2nccn2C)c1[N+](=O)[O-]. The van der Waals surface area contributed by atoms with Gasteiger partial charge in [0.05, 0.1) is 4.92 Å². The largest absolute Gasteiger partial charge is 0.336 e. The second-order valence-electron chi connectivity index (χ2n) is 5.42. The molecule has 1 saturated heterocycles. The summed E-state index contributed by atoms with van der Waals surface area (Å²) in [6, 6.07) is -0.298. The number of aryl methyl sites for hydroxylation is 2. The molecule has 0 aromatic carbocycles. The Labute approximate surface area is 131 Å². The highest BCUT2D eigenvalue weighted by molar-refractivity contribution is 5.96. The zero-order chi connectivity index (χ0) is 16.6. The lowest BCUT2D eigenvalue weighted by Gasteiger charge is -2.35. The van der Waals surface area contributed by atoms with Crippen LogP contribution in [0.1, 0.15) is 28.0 Å². The van der Waals surface area contributed by atoms with Crippen molar-refractivity contribution in [1.82, 2.24) is 30.0 Å². The van der Waals surface area contributed by atoms with E-state index in [2.05, 4.69) is 20.5 Å². The van der Waals surface area contributed by atoms with Crippen LogP contribution in [0, 0.1) is 17.0 Å². The number of nitrogens with one attached hydrogen (secondary N) is 2. The van der Waals surface area contributed by atoms with Crippen LogP contribution >= 0.6 is 0 Å². The molecule has 3 rings (SSSR count). The number of carbonyl (C=O) groups is 1. The van der Waals surface area contributed by atoms with Crippen LogP contribution in [0.2, 0.25) is 0 Å². The number of rotatable bonds is 3. The van der Waals surface area contributed by atoms with Crippen molar-refractivity contribution in [1.29, 1.82) is 0 Å². The summed E-state index contributed by atoms with van der Waals surface area (Å²) in [4.78, 5) is 29.3. The summed E-state index contributed by atoms with van der Waals surface area (Å²) in [5.41, 5.74) is -0.164. The number of imidazole rings is 1. The number of hydrogen-bond donors (Lipinski definition) is 2. The first-order chi connectivity index (χ1) is 11.0. The molecule has 1 atom stereocenters. The van der Waals surface area contributed by atoms with Crippen molar-refractivity contribution >= 4 is 11.6 Å². The number of aromatic nitrogens is 4. The Morgan fingerprint density at radius 3 is 2.96 bits per heavy atom. The minimum Gasteiger partial charge on any atom is -0.336 e. The zero-order valence-corrected chi connectivity index (χ0v) is 12.8. The fraction of sp³-hybridized carbons (Fsp3) is 0.462. The number of H-pyrrole nitrogens is 1. The number of piperazine rings is 1. The Kier molecular flexibility index (Phi) is 3.82. The van der Waals surface area contributed by atoms with E-state index in [1.54, 1.807) is 17.3 Å². The van der Waals surface area contributed by atoms with Crippen molar-refractivity contribution in [2.45, 2.75) is 13.0 Å². The molecule has 0 aliphatic carbocycles. The lowest BCUT2D eigenvalue weighted by atomic mass is 10.1. The van der Waals surface area contributed by atoms with Crippen LogP contribution in [0.25, 0.3) is 0 Å². The number of nitro groups is 1. The van der Waals surface area contributed by atoms with E-state index < -0.39 is 10.8 Å². The van der Waals surface area contributed by atoms with Crippen LogP contribution in [0.4, 0.5) is 5.69 Å². The first-order valence-corrected chi connectivity index (χ1v) is 7.19. The summed E-state index contributed by atoms with van der Waals surface area (Å²) < 4.78 is 1.84. The molecule has 2 aromatic rings. The van der Waals surface area contributed by atoms with Gasteiger partial charge in [-0.05, 0) is 6.92 Å². The molecule has 23 heavy (non-hydrogen) atoms. The van der Waals surface area contributed by atoms with E-state index in [4.69, 9.17) is 0 Å². The predicted octanol–water partition coefficient (Wildman–Crippen LogP) is 0.147. The topological polar surface area (TPSA) is 122 Å². The molecule has 0 bridgehead atoms. The third kappa shape index (κ3) is 2.57. The number of hydrogen-bond acceptors (Lipinski definition) is 6. The first-order valence-electron chi connectivity index (χ1n) is 7.19. The Morgan fingerprint density at radius 2 is 2.30 bits per heavy atom. The Bertz CT molecular complexity index is 751.